The molecule has 0 saturated carbocycles. The lowest BCUT2D eigenvalue weighted by molar-refractivity contribution is -0.385. The first-order chi connectivity index (χ1) is 10.0. The molecular formula is C14H12BrNO5. The van der Waals surface area contributed by atoms with Crippen LogP contribution in [0.15, 0.2) is 40.9 Å². The Morgan fingerprint density at radius 2 is 1.95 bits per heavy atom. The molecule has 0 atom stereocenters. The van der Waals surface area contributed by atoms with E-state index in [1.807, 2.05) is 0 Å². The zero-order chi connectivity index (χ0) is 15.4. The van der Waals surface area contributed by atoms with Crippen LogP contribution in [0.25, 0.3) is 0 Å². The van der Waals surface area contributed by atoms with Crippen molar-refractivity contribution >= 4 is 21.6 Å². The van der Waals surface area contributed by atoms with E-state index in [0.717, 1.165) is 0 Å². The Morgan fingerprint density at radius 3 is 2.52 bits per heavy atom. The van der Waals surface area contributed by atoms with Gasteiger partial charge in [-0.15, -0.1) is 0 Å². The number of hydrogen-bond acceptors (Lipinski definition) is 5. The molecule has 0 saturated heterocycles. The van der Waals surface area contributed by atoms with Gasteiger partial charge in [-0.2, -0.15) is 0 Å². The highest BCUT2D eigenvalue weighted by molar-refractivity contribution is 9.10. The fourth-order valence-electron chi connectivity index (χ4n) is 1.71. The van der Waals surface area contributed by atoms with Crippen LogP contribution in [-0.2, 0) is 6.61 Å². The quantitative estimate of drug-likeness (QED) is 0.655. The highest BCUT2D eigenvalue weighted by Gasteiger charge is 2.13. The standard InChI is InChI=1S/C14H12BrNO5/c1-20-11-3-5-14(12(15)7-11)21-13-4-2-10(16(18)19)6-9(13)8-17/h2-7,17H,8H2,1H3. The van der Waals surface area contributed by atoms with Gasteiger partial charge in [-0.05, 0) is 40.2 Å². The van der Waals surface area contributed by atoms with E-state index in [-0.39, 0.29) is 12.3 Å². The van der Waals surface area contributed by atoms with Crippen molar-refractivity contribution in [3.05, 3.63) is 56.5 Å². The maximum atomic E-state index is 10.7. The summed E-state index contributed by atoms with van der Waals surface area (Å²) in [5.41, 5.74) is 0.243. The fourth-order valence-corrected chi connectivity index (χ4v) is 2.15. The number of nitro groups is 1. The molecule has 0 bridgehead atoms. The number of nitrogens with zero attached hydrogens (tertiary/aromatic N) is 1. The molecule has 2 aromatic carbocycles. The summed E-state index contributed by atoms with van der Waals surface area (Å²) in [6, 6.07) is 9.23. The highest BCUT2D eigenvalue weighted by atomic mass is 79.9. The summed E-state index contributed by atoms with van der Waals surface area (Å²) >= 11 is 3.35. The van der Waals surface area contributed by atoms with E-state index in [4.69, 9.17) is 9.47 Å². The van der Waals surface area contributed by atoms with Gasteiger partial charge in [0, 0.05) is 17.7 Å². The van der Waals surface area contributed by atoms with E-state index in [0.29, 0.717) is 27.3 Å². The van der Waals surface area contributed by atoms with Crippen molar-refractivity contribution in [3.8, 4) is 17.2 Å². The summed E-state index contributed by atoms with van der Waals surface area (Å²) < 4.78 is 11.4. The molecule has 0 aliphatic carbocycles. The second-order valence-electron chi connectivity index (χ2n) is 4.11. The minimum Gasteiger partial charge on any atom is -0.497 e. The summed E-state index contributed by atoms with van der Waals surface area (Å²) in [7, 11) is 1.56. The van der Waals surface area contributed by atoms with E-state index in [9.17, 15) is 15.2 Å². The molecule has 7 heteroatoms. The van der Waals surface area contributed by atoms with Crippen molar-refractivity contribution in [2.75, 3.05) is 7.11 Å². The number of rotatable bonds is 5. The van der Waals surface area contributed by atoms with Crippen molar-refractivity contribution in [1.82, 2.24) is 0 Å². The Kier molecular flexibility index (Phi) is 4.77. The molecule has 6 nitrogen and oxygen atoms in total. The van der Waals surface area contributed by atoms with Crippen LogP contribution in [0.2, 0.25) is 0 Å². The van der Waals surface area contributed by atoms with Crippen LogP contribution in [0.1, 0.15) is 5.56 Å². The predicted octanol–water partition coefficient (Wildman–Crippen LogP) is 3.65. The minimum atomic E-state index is -0.522. The van der Waals surface area contributed by atoms with Crippen LogP contribution in [0.4, 0.5) is 5.69 Å². The van der Waals surface area contributed by atoms with Gasteiger partial charge in [0.1, 0.15) is 17.2 Å². The summed E-state index contributed by atoms with van der Waals surface area (Å²) in [6.45, 7) is -0.356. The van der Waals surface area contributed by atoms with Gasteiger partial charge in [0.2, 0.25) is 0 Å². The fraction of sp³-hybridized carbons (Fsp3) is 0.143. The number of ether oxygens (including phenoxy) is 2. The van der Waals surface area contributed by atoms with Crippen molar-refractivity contribution in [1.29, 1.82) is 0 Å². The van der Waals surface area contributed by atoms with E-state index in [2.05, 4.69) is 15.9 Å². The highest BCUT2D eigenvalue weighted by Crippen LogP contribution is 2.35. The Hall–Kier alpha value is -2.12. The predicted molar refractivity (Wildman–Crippen MR) is 79.8 cm³/mol. The monoisotopic (exact) mass is 353 g/mol. The van der Waals surface area contributed by atoms with Gasteiger partial charge in [0.15, 0.2) is 0 Å². The molecule has 1 N–H and O–H groups in total. The maximum Gasteiger partial charge on any atom is 0.270 e. The molecule has 0 unspecified atom stereocenters. The van der Waals surface area contributed by atoms with Crippen molar-refractivity contribution in [2.24, 2.45) is 0 Å². The van der Waals surface area contributed by atoms with Gasteiger partial charge in [0.05, 0.1) is 23.1 Å². The number of nitro benzene ring substituents is 1. The molecule has 2 rings (SSSR count). The summed E-state index contributed by atoms with van der Waals surface area (Å²) in [5.74, 6) is 1.54. The number of halogens is 1. The lowest BCUT2D eigenvalue weighted by atomic mass is 10.2. The van der Waals surface area contributed by atoms with Crippen LogP contribution in [0.3, 0.4) is 0 Å². The molecule has 110 valence electrons. The summed E-state index contributed by atoms with van der Waals surface area (Å²) in [4.78, 5) is 10.2. The molecule has 21 heavy (non-hydrogen) atoms. The molecular weight excluding hydrogens is 342 g/mol. The maximum absolute atomic E-state index is 10.7. The van der Waals surface area contributed by atoms with Gasteiger partial charge >= 0.3 is 0 Å². The molecule has 0 aliphatic rings. The van der Waals surface area contributed by atoms with Crippen LogP contribution in [0, 0.1) is 10.1 Å². The van der Waals surface area contributed by atoms with E-state index in [1.54, 1.807) is 25.3 Å². The average Bonchev–Trinajstić information content (AvgIpc) is 2.49. The molecule has 0 aliphatic heterocycles. The Morgan fingerprint density at radius 1 is 1.24 bits per heavy atom. The number of aliphatic hydroxyl groups is 1. The number of non-ortho nitro benzene ring substituents is 1. The Balaban J connectivity index is 2.33. The molecule has 0 heterocycles. The van der Waals surface area contributed by atoms with Crippen molar-refractivity contribution in [2.45, 2.75) is 6.61 Å². The van der Waals surface area contributed by atoms with Gasteiger partial charge in [-0.1, -0.05) is 0 Å². The normalized spacial score (nSPS) is 10.2. The number of methoxy groups -OCH3 is 1. The van der Waals surface area contributed by atoms with Gasteiger partial charge in [-0.25, -0.2) is 0 Å². The minimum absolute atomic E-state index is 0.0970. The Bertz CT molecular complexity index is 674. The first-order valence-corrected chi connectivity index (χ1v) is 6.74. The van der Waals surface area contributed by atoms with E-state index >= 15 is 0 Å². The SMILES string of the molecule is COc1ccc(Oc2ccc([N+](=O)[O-])cc2CO)c(Br)c1. The molecule has 0 spiro atoms. The first kappa shape index (κ1) is 15.3. The van der Waals surface area contributed by atoms with Crippen molar-refractivity contribution in [3.63, 3.8) is 0 Å². The van der Waals surface area contributed by atoms with Crippen LogP contribution in [-0.4, -0.2) is 17.1 Å². The van der Waals surface area contributed by atoms with Gasteiger partial charge < -0.3 is 14.6 Å². The van der Waals surface area contributed by atoms with Gasteiger partial charge in [-0.3, -0.25) is 10.1 Å². The second kappa shape index (κ2) is 6.55. The first-order valence-electron chi connectivity index (χ1n) is 5.94. The summed E-state index contributed by atoms with van der Waals surface area (Å²) in [6.07, 6.45) is 0. The van der Waals surface area contributed by atoms with Crippen LogP contribution >= 0.6 is 15.9 Å². The molecule has 2 aromatic rings. The average molecular weight is 354 g/mol. The topological polar surface area (TPSA) is 81.8 Å². The van der Waals surface area contributed by atoms with E-state index in [1.165, 1.54) is 18.2 Å². The molecule has 0 radical (unpaired) electrons. The van der Waals surface area contributed by atoms with Crippen molar-refractivity contribution < 1.29 is 19.5 Å². The third kappa shape index (κ3) is 3.50. The Labute approximate surface area is 129 Å². The largest absolute Gasteiger partial charge is 0.497 e. The molecule has 0 amide bonds. The number of benzene rings is 2. The third-order valence-electron chi connectivity index (χ3n) is 2.78. The van der Waals surface area contributed by atoms with Gasteiger partial charge in [0.25, 0.3) is 5.69 Å². The summed E-state index contributed by atoms with van der Waals surface area (Å²) in [5, 5.41) is 20.0. The zero-order valence-electron chi connectivity index (χ0n) is 11.1. The lowest BCUT2D eigenvalue weighted by Gasteiger charge is -2.11. The number of aliphatic hydroxyl groups excluding tert-OH is 1. The van der Waals surface area contributed by atoms with Crippen LogP contribution in [0.5, 0.6) is 17.2 Å². The lowest BCUT2D eigenvalue weighted by Crippen LogP contribution is -1.95. The zero-order valence-corrected chi connectivity index (χ0v) is 12.7. The third-order valence-corrected chi connectivity index (χ3v) is 3.40. The smallest absolute Gasteiger partial charge is 0.270 e. The molecule has 0 fully saturated rings. The van der Waals surface area contributed by atoms with Crippen LogP contribution < -0.4 is 9.47 Å². The number of hydrogen-bond donors (Lipinski definition) is 1. The molecule has 0 aromatic heterocycles. The second-order valence-corrected chi connectivity index (χ2v) is 4.96. The van der Waals surface area contributed by atoms with E-state index < -0.39 is 4.92 Å².